The normalized spacial score (nSPS) is 25.7. The standard InChI is InChI=1S/C10H18F3NO2/c1-2-8(7-3-4-16-6-7)14-5-9(15)10(11,12)13/h7-9,14-15H,2-6H2,1H3. The molecule has 0 aromatic heterocycles. The summed E-state index contributed by atoms with van der Waals surface area (Å²) in [6, 6.07) is -0.0144. The summed E-state index contributed by atoms with van der Waals surface area (Å²) in [4.78, 5) is 0. The van der Waals surface area contributed by atoms with Crippen LogP contribution in [0.15, 0.2) is 0 Å². The Hall–Kier alpha value is -0.330. The average molecular weight is 241 g/mol. The molecule has 0 bridgehead atoms. The van der Waals surface area contributed by atoms with Crippen molar-refractivity contribution in [2.75, 3.05) is 19.8 Å². The van der Waals surface area contributed by atoms with Crippen LogP contribution in [0, 0.1) is 5.92 Å². The van der Waals surface area contributed by atoms with Crippen LogP contribution >= 0.6 is 0 Å². The number of aliphatic hydroxyl groups excluding tert-OH is 1. The molecule has 2 N–H and O–H groups in total. The number of alkyl halides is 3. The van der Waals surface area contributed by atoms with Crippen molar-refractivity contribution in [1.29, 1.82) is 0 Å². The summed E-state index contributed by atoms with van der Waals surface area (Å²) in [5, 5.41) is 11.6. The minimum atomic E-state index is -4.54. The molecule has 96 valence electrons. The second-order valence-corrected chi connectivity index (χ2v) is 4.10. The first-order valence-electron chi connectivity index (χ1n) is 5.51. The molecule has 3 nitrogen and oxygen atoms in total. The minimum absolute atomic E-state index is 0.0144. The largest absolute Gasteiger partial charge is 0.415 e. The third-order valence-electron chi connectivity index (χ3n) is 2.92. The third-order valence-corrected chi connectivity index (χ3v) is 2.92. The Morgan fingerprint density at radius 3 is 2.62 bits per heavy atom. The van der Waals surface area contributed by atoms with E-state index in [9.17, 15) is 13.2 Å². The van der Waals surface area contributed by atoms with E-state index < -0.39 is 18.8 Å². The van der Waals surface area contributed by atoms with Gasteiger partial charge in [0, 0.05) is 19.2 Å². The van der Waals surface area contributed by atoms with Gasteiger partial charge in [-0.25, -0.2) is 0 Å². The van der Waals surface area contributed by atoms with Crippen LogP contribution in [0.2, 0.25) is 0 Å². The number of ether oxygens (including phenoxy) is 1. The summed E-state index contributed by atoms with van der Waals surface area (Å²) in [5.74, 6) is 0.255. The van der Waals surface area contributed by atoms with Crippen molar-refractivity contribution < 1.29 is 23.0 Å². The maximum Gasteiger partial charge on any atom is 0.415 e. The van der Waals surface area contributed by atoms with E-state index >= 15 is 0 Å². The Labute approximate surface area is 93.0 Å². The Kier molecular flexibility index (Phi) is 5.01. The number of hydrogen-bond donors (Lipinski definition) is 2. The van der Waals surface area contributed by atoms with Crippen LogP contribution in [0.3, 0.4) is 0 Å². The van der Waals surface area contributed by atoms with Crippen molar-refractivity contribution in [3.05, 3.63) is 0 Å². The van der Waals surface area contributed by atoms with E-state index in [0.29, 0.717) is 13.2 Å². The zero-order valence-corrected chi connectivity index (χ0v) is 9.26. The van der Waals surface area contributed by atoms with Crippen molar-refractivity contribution in [1.82, 2.24) is 5.32 Å². The van der Waals surface area contributed by atoms with Gasteiger partial charge in [0.05, 0.1) is 6.61 Å². The maximum atomic E-state index is 12.1. The Morgan fingerprint density at radius 1 is 1.50 bits per heavy atom. The highest BCUT2D eigenvalue weighted by molar-refractivity contribution is 4.80. The van der Waals surface area contributed by atoms with Crippen molar-refractivity contribution in [2.45, 2.75) is 38.1 Å². The van der Waals surface area contributed by atoms with Gasteiger partial charge in [0.2, 0.25) is 0 Å². The molecule has 0 saturated carbocycles. The molecule has 0 radical (unpaired) electrons. The molecule has 0 aromatic rings. The topological polar surface area (TPSA) is 41.5 Å². The number of rotatable bonds is 5. The van der Waals surface area contributed by atoms with E-state index in [2.05, 4.69) is 5.32 Å². The molecule has 0 aromatic carbocycles. The monoisotopic (exact) mass is 241 g/mol. The highest BCUT2D eigenvalue weighted by Gasteiger charge is 2.38. The zero-order valence-electron chi connectivity index (χ0n) is 9.26. The Bertz CT molecular complexity index is 205. The predicted octanol–water partition coefficient (Wildman–Crippen LogP) is 1.31. The Morgan fingerprint density at radius 2 is 2.19 bits per heavy atom. The fourth-order valence-electron chi connectivity index (χ4n) is 1.89. The second-order valence-electron chi connectivity index (χ2n) is 4.10. The highest BCUT2D eigenvalue weighted by Crippen LogP contribution is 2.21. The van der Waals surface area contributed by atoms with Crippen LogP contribution in [0.1, 0.15) is 19.8 Å². The molecular formula is C10H18F3NO2. The maximum absolute atomic E-state index is 12.1. The van der Waals surface area contributed by atoms with Crippen LogP contribution in [0.4, 0.5) is 13.2 Å². The summed E-state index contributed by atoms with van der Waals surface area (Å²) in [6.07, 6.45) is -5.23. The molecule has 1 fully saturated rings. The van der Waals surface area contributed by atoms with Crippen LogP contribution in [-0.4, -0.2) is 43.2 Å². The van der Waals surface area contributed by atoms with E-state index in [1.54, 1.807) is 0 Å². The summed E-state index contributed by atoms with van der Waals surface area (Å²) < 4.78 is 41.4. The van der Waals surface area contributed by atoms with Crippen molar-refractivity contribution in [3.8, 4) is 0 Å². The molecule has 6 heteroatoms. The highest BCUT2D eigenvalue weighted by atomic mass is 19.4. The van der Waals surface area contributed by atoms with E-state index in [-0.39, 0.29) is 12.0 Å². The predicted molar refractivity (Wildman–Crippen MR) is 53.1 cm³/mol. The SMILES string of the molecule is CCC(NCC(O)C(F)(F)F)C1CCOC1. The molecule has 3 atom stereocenters. The lowest BCUT2D eigenvalue weighted by Crippen LogP contribution is -2.45. The van der Waals surface area contributed by atoms with Gasteiger partial charge in [-0.15, -0.1) is 0 Å². The van der Waals surface area contributed by atoms with Gasteiger partial charge in [0.15, 0.2) is 6.10 Å². The van der Waals surface area contributed by atoms with Crippen LogP contribution < -0.4 is 5.32 Å². The van der Waals surface area contributed by atoms with Gasteiger partial charge < -0.3 is 15.2 Å². The molecule has 0 amide bonds. The first-order valence-corrected chi connectivity index (χ1v) is 5.51. The van der Waals surface area contributed by atoms with Crippen molar-refractivity contribution >= 4 is 0 Å². The number of nitrogens with one attached hydrogen (secondary N) is 1. The first-order chi connectivity index (χ1) is 7.45. The molecular weight excluding hydrogens is 223 g/mol. The van der Waals surface area contributed by atoms with Gasteiger partial charge in [-0.05, 0) is 18.8 Å². The Balaban J connectivity index is 2.33. The molecule has 1 aliphatic rings. The van der Waals surface area contributed by atoms with E-state index in [4.69, 9.17) is 9.84 Å². The van der Waals surface area contributed by atoms with Gasteiger partial charge in [-0.2, -0.15) is 13.2 Å². The summed E-state index contributed by atoms with van der Waals surface area (Å²) in [6.45, 7) is 2.73. The van der Waals surface area contributed by atoms with Gasteiger partial charge in [-0.1, -0.05) is 6.92 Å². The van der Waals surface area contributed by atoms with Crippen LogP contribution in [0.5, 0.6) is 0 Å². The number of hydrogen-bond acceptors (Lipinski definition) is 3. The van der Waals surface area contributed by atoms with E-state index in [0.717, 1.165) is 12.8 Å². The zero-order chi connectivity index (χ0) is 12.2. The lowest BCUT2D eigenvalue weighted by atomic mass is 9.97. The van der Waals surface area contributed by atoms with Crippen LogP contribution in [-0.2, 0) is 4.74 Å². The lowest BCUT2D eigenvalue weighted by Gasteiger charge is -2.24. The van der Waals surface area contributed by atoms with Crippen molar-refractivity contribution in [3.63, 3.8) is 0 Å². The molecule has 3 unspecified atom stereocenters. The average Bonchev–Trinajstić information content (AvgIpc) is 2.70. The quantitative estimate of drug-likeness (QED) is 0.762. The molecule has 1 rings (SSSR count). The number of aliphatic hydroxyl groups is 1. The van der Waals surface area contributed by atoms with Gasteiger partial charge in [0.1, 0.15) is 0 Å². The van der Waals surface area contributed by atoms with Crippen molar-refractivity contribution in [2.24, 2.45) is 5.92 Å². The molecule has 0 spiro atoms. The van der Waals surface area contributed by atoms with E-state index in [1.807, 2.05) is 6.92 Å². The number of halogens is 3. The molecule has 1 saturated heterocycles. The molecule has 0 aliphatic carbocycles. The first kappa shape index (κ1) is 13.7. The summed E-state index contributed by atoms with van der Waals surface area (Å²) in [7, 11) is 0. The third kappa shape index (κ3) is 3.92. The summed E-state index contributed by atoms with van der Waals surface area (Å²) in [5.41, 5.74) is 0. The van der Waals surface area contributed by atoms with Gasteiger partial charge >= 0.3 is 6.18 Å². The molecule has 16 heavy (non-hydrogen) atoms. The fraction of sp³-hybridized carbons (Fsp3) is 1.00. The second kappa shape index (κ2) is 5.84. The molecule has 1 aliphatic heterocycles. The fourth-order valence-corrected chi connectivity index (χ4v) is 1.89. The smallest absolute Gasteiger partial charge is 0.382 e. The minimum Gasteiger partial charge on any atom is -0.382 e. The summed E-state index contributed by atoms with van der Waals surface area (Å²) >= 11 is 0. The van der Waals surface area contributed by atoms with E-state index in [1.165, 1.54) is 0 Å². The molecule has 1 heterocycles. The lowest BCUT2D eigenvalue weighted by molar-refractivity contribution is -0.202. The van der Waals surface area contributed by atoms with Gasteiger partial charge in [0.25, 0.3) is 0 Å². The van der Waals surface area contributed by atoms with Gasteiger partial charge in [-0.3, -0.25) is 0 Å². The van der Waals surface area contributed by atoms with Crippen LogP contribution in [0.25, 0.3) is 0 Å².